The molecule has 0 atom stereocenters. The lowest BCUT2D eigenvalue weighted by Crippen LogP contribution is -2.24. The summed E-state index contributed by atoms with van der Waals surface area (Å²) in [4.78, 5) is 0. The van der Waals surface area contributed by atoms with E-state index in [9.17, 15) is 16.8 Å². The summed E-state index contributed by atoms with van der Waals surface area (Å²) in [6.45, 7) is 1.50. The van der Waals surface area contributed by atoms with Crippen molar-refractivity contribution in [3.63, 3.8) is 0 Å². The van der Waals surface area contributed by atoms with Crippen molar-refractivity contribution in [2.45, 2.75) is 13.3 Å². The zero-order valence-corrected chi connectivity index (χ0v) is 7.55. The van der Waals surface area contributed by atoms with Crippen molar-refractivity contribution in [3.8, 4) is 0 Å². The lowest BCUT2D eigenvalue weighted by atomic mass is 10.5. The van der Waals surface area contributed by atoms with Crippen LogP contribution in [0.3, 0.4) is 0 Å². The second-order valence-electron chi connectivity index (χ2n) is 1.83. The molecule has 0 bridgehead atoms. The molecule has 0 amide bonds. The predicted octanol–water partition coefficient (Wildman–Crippen LogP) is -0.669. The highest BCUT2D eigenvalue weighted by Gasteiger charge is 2.31. The van der Waals surface area contributed by atoms with E-state index < -0.39 is 26.6 Å². The van der Waals surface area contributed by atoms with Gasteiger partial charge in [-0.25, -0.2) is 0 Å². The highest BCUT2D eigenvalue weighted by molar-refractivity contribution is 7.97. The molecule has 1 aliphatic heterocycles. The zero-order chi connectivity index (χ0) is 9.41. The summed E-state index contributed by atoms with van der Waals surface area (Å²) in [6.07, 6.45) is 0.0574. The molecule has 0 saturated carbocycles. The van der Waals surface area contributed by atoms with Crippen molar-refractivity contribution in [3.05, 3.63) is 0 Å². The first-order valence-electron chi connectivity index (χ1n) is 2.84. The molecule has 0 aromatic rings. The Morgan fingerprint density at radius 2 is 1.92 bits per heavy atom. The predicted molar refractivity (Wildman–Crippen MR) is 37.7 cm³/mol. The van der Waals surface area contributed by atoms with Gasteiger partial charge < -0.3 is 4.18 Å². The van der Waals surface area contributed by atoms with Gasteiger partial charge in [0.25, 0.3) is 0 Å². The molecule has 0 radical (unpaired) electrons. The second kappa shape index (κ2) is 2.68. The number of hydrogen-bond donors (Lipinski definition) is 0. The highest BCUT2D eigenvalue weighted by atomic mass is 32.3. The molecular formula is C3H5NO6S2. The third-order valence-electron chi connectivity index (χ3n) is 0.884. The van der Waals surface area contributed by atoms with Crippen LogP contribution >= 0.6 is 0 Å². The van der Waals surface area contributed by atoms with Gasteiger partial charge in [-0.05, 0) is 0 Å². The summed E-state index contributed by atoms with van der Waals surface area (Å²) >= 11 is 0. The van der Waals surface area contributed by atoms with Crippen molar-refractivity contribution in [1.82, 2.24) is 0 Å². The molecule has 0 fully saturated rings. The maximum Gasteiger partial charge on any atom is 0.466 e. The number of rotatable bonds is 1. The van der Waals surface area contributed by atoms with Gasteiger partial charge in [0.2, 0.25) is 5.90 Å². The Morgan fingerprint density at radius 1 is 1.33 bits per heavy atom. The van der Waals surface area contributed by atoms with Crippen LogP contribution in [-0.2, 0) is 28.5 Å². The minimum atomic E-state index is -4.47. The third-order valence-corrected chi connectivity index (χ3v) is 3.06. The van der Waals surface area contributed by atoms with Crippen molar-refractivity contribution < 1.29 is 24.6 Å². The first-order valence-corrected chi connectivity index (χ1v) is 5.54. The Labute approximate surface area is 69.6 Å². The van der Waals surface area contributed by atoms with E-state index in [1.54, 1.807) is 0 Å². The van der Waals surface area contributed by atoms with Gasteiger partial charge >= 0.3 is 20.7 Å². The van der Waals surface area contributed by atoms with Crippen molar-refractivity contribution in [2.75, 3.05) is 0 Å². The van der Waals surface area contributed by atoms with Crippen LogP contribution in [0.15, 0.2) is 4.40 Å². The lowest BCUT2D eigenvalue weighted by Gasteiger charge is -2.10. The quantitative estimate of drug-likeness (QED) is 0.575. The van der Waals surface area contributed by atoms with Crippen LogP contribution in [0, 0.1) is 0 Å². The standard InChI is InChI=1S/C3H5NO6S2/c1-2-3-4-11(5,6)10-12(7,8)9-3/h2H2,1H3. The van der Waals surface area contributed by atoms with Crippen LogP contribution in [0.1, 0.15) is 13.3 Å². The number of hydrogen-bond acceptors (Lipinski definition) is 6. The lowest BCUT2D eigenvalue weighted by molar-refractivity contribution is 0.371. The molecule has 1 rings (SSSR count). The van der Waals surface area contributed by atoms with Crippen LogP contribution in [0.4, 0.5) is 0 Å². The van der Waals surface area contributed by atoms with Crippen molar-refractivity contribution >= 4 is 26.6 Å². The minimum Gasteiger partial charge on any atom is -0.344 e. The SMILES string of the molecule is CCC1=NS(=O)(=O)OS(=O)(=O)O1. The smallest absolute Gasteiger partial charge is 0.344 e. The molecule has 0 saturated heterocycles. The summed E-state index contributed by atoms with van der Waals surface area (Å²) in [6, 6.07) is 0. The first kappa shape index (κ1) is 9.42. The summed E-state index contributed by atoms with van der Waals surface area (Å²) in [7, 11) is -8.85. The molecule has 70 valence electrons. The molecule has 1 aliphatic rings. The van der Waals surface area contributed by atoms with Gasteiger partial charge in [-0.3, -0.25) is 0 Å². The van der Waals surface area contributed by atoms with Gasteiger partial charge in [-0.15, -0.1) is 4.40 Å². The average molecular weight is 215 g/mol. The molecule has 1 heterocycles. The van der Waals surface area contributed by atoms with E-state index in [0.717, 1.165) is 0 Å². The molecule has 0 aromatic carbocycles. The fourth-order valence-electron chi connectivity index (χ4n) is 0.516. The molecule has 7 nitrogen and oxygen atoms in total. The van der Waals surface area contributed by atoms with Gasteiger partial charge in [-0.2, -0.15) is 16.8 Å². The summed E-state index contributed by atoms with van der Waals surface area (Å²) in [5.41, 5.74) is 0. The fourth-order valence-corrected chi connectivity index (χ4v) is 2.44. The van der Waals surface area contributed by atoms with E-state index in [1.807, 2.05) is 0 Å². The molecule has 0 spiro atoms. The largest absolute Gasteiger partial charge is 0.466 e. The zero-order valence-electron chi connectivity index (χ0n) is 5.92. The van der Waals surface area contributed by atoms with E-state index in [1.165, 1.54) is 6.92 Å². The molecule has 12 heavy (non-hydrogen) atoms. The van der Waals surface area contributed by atoms with Gasteiger partial charge in [0.05, 0.1) is 0 Å². The van der Waals surface area contributed by atoms with E-state index in [2.05, 4.69) is 12.2 Å². The average Bonchev–Trinajstić information content (AvgIpc) is 1.80. The molecule has 9 heteroatoms. The summed E-state index contributed by atoms with van der Waals surface area (Å²) in [5, 5.41) is 0. The van der Waals surface area contributed by atoms with Crippen molar-refractivity contribution in [1.29, 1.82) is 0 Å². The third kappa shape index (κ3) is 2.16. The van der Waals surface area contributed by atoms with Crippen LogP contribution in [0.25, 0.3) is 0 Å². The minimum absolute atomic E-state index is 0.0574. The number of nitrogens with zero attached hydrogens (tertiary/aromatic N) is 1. The Kier molecular flexibility index (Phi) is 2.10. The first-order chi connectivity index (χ1) is 5.35. The monoisotopic (exact) mass is 215 g/mol. The van der Waals surface area contributed by atoms with E-state index in [4.69, 9.17) is 0 Å². The van der Waals surface area contributed by atoms with Crippen LogP contribution < -0.4 is 0 Å². The Balaban J connectivity index is 3.20. The maximum absolute atomic E-state index is 10.6. The topological polar surface area (TPSA) is 99.1 Å². The summed E-state index contributed by atoms with van der Waals surface area (Å²) < 4.78 is 52.7. The van der Waals surface area contributed by atoms with Crippen molar-refractivity contribution in [2.24, 2.45) is 4.40 Å². The Morgan fingerprint density at radius 3 is 2.33 bits per heavy atom. The second-order valence-corrected chi connectivity index (χ2v) is 4.39. The van der Waals surface area contributed by atoms with E-state index in [-0.39, 0.29) is 6.42 Å². The van der Waals surface area contributed by atoms with Gasteiger partial charge in [-0.1, -0.05) is 10.6 Å². The highest BCUT2D eigenvalue weighted by Crippen LogP contribution is 2.13. The summed E-state index contributed by atoms with van der Waals surface area (Å²) in [5.74, 6) is -0.402. The van der Waals surface area contributed by atoms with E-state index in [0.29, 0.717) is 0 Å². The van der Waals surface area contributed by atoms with Crippen LogP contribution in [0.5, 0.6) is 0 Å². The van der Waals surface area contributed by atoms with Crippen LogP contribution in [-0.4, -0.2) is 22.7 Å². The van der Waals surface area contributed by atoms with Gasteiger partial charge in [0.1, 0.15) is 0 Å². The van der Waals surface area contributed by atoms with Gasteiger partial charge in [0.15, 0.2) is 0 Å². The Hall–Kier alpha value is -0.670. The fraction of sp³-hybridized carbons (Fsp3) is 0.667. The maximum atomic E-state index is 10.6. The molecule has 0 unspecified atom stereocenters. The molecule has 0 aliphatic carbocycles. The normalized spacial score (nSPS) is 25.6. The Bertz CT molecular complexity index is 402. The van der Waals surface area contributed by atoms with Gasteiger partial charge in [0, 0.05) is 6.42 Å². The van der Waals surface area contributed by atoms with Crippen LogP contribution in [0.2, 0.25) is 0 Å². The van der Waals surface area contributed by atoms with E-state index >= 15 is 0 Å². The molecule has 0 aromatic heterocycles. The molecular weight excluding hydrogens is 210 g/mol. The molecule has 0 N–H and O–H groups in total.